The number of rotatable bonds is 21. The van der Waals surface area contributed by atoms with Crippen LogP contribution in [0.2, 0.25) is 0 Å². The first-order valence-corrected chi connectivity index (χ1v) is 23.4. The highest BCUT2D eigenvalue weighted by Crippen LogP contribution is 2.27. The Morgan fingerprint density at radius 1 is 0.923 bits per heavy atom. The zero-order chi connectivity index (χ0) is 46.1. The zero-order valence-corrected chi connectivity index (χ0v) is 38.0. The van der Waals surface area contributed by atoms with Gasteiger partial charge in [0.1, 0.15) is 22.5 Å². The molecule has 65 heavy (non-hydrogen) atoms. The summed E-state index contributed by atoms with van der Waals surface area (Å²) >= 11 is 1.37. The van der Waals surface area contributed by atoms with Crippen molar-refractivity contribution in [2.75, 3.05) is 39.8 Å². The summed E-state index contributed by atoms with van der Waals surface area (Å²) in [4.78, 5) is 73.6. The molecule has 6 rings (SSSR count). The van der Waals surface area contributed by atoms with Gasteiger partial charge < -0.3 is 20.0 Å². The summed E-state index contributed by atoms with van der Waals surface area (Å²) in [5, 5.41) is 23.1. The molecule has 15 heteroatoms. The van der Waals surface area contributed by atoms with Crippen LogP contribution in [-0.2, 0) is 27.2 Å². The lowest BCUT2D eigenvalue weighted by Crippen LogP contribution is -2.50. The molecule has 0 aliphatic carbocycles. The van der Waals surface area contributed by atoms with Crippen LogP contribution in [0.5, 0.6) is 0 Å². The van der Waals surface area contributed by atoms with E-state index in [-0.39, 0.29) is 40.5 Å². The molecule has 3 aromatic carbocycles. The molecule has 2 aromatic heterocycles. The van der Waals surface area contributed by atoms with Crippen LogP contribution >= 0.6 is 11.3 Å². The van der Waals surface area contributed by atoms with Gasteiger partial charge in [-0.25, -0.2) is 14.5 Å². The molecule has 3 heterocycles. The molecule has 0 saturated carbocycles. The van der Waals surface area contributed by atoms with Gasteiger partial charge in [0, 0.05) is 76.0 Å². The number of amides is 4. The van der Waals surface area contributed by atoms with Gasteiger partial charge in [-0.1, -0.05) is 87.6 Å². The molecule has 1 saturated heterocycles. The smallest absolute Gasteiger partial charge is 0.272 e. The second-order valence-corrected chi connectivity index (χ2v) is 17.4. The molecule has 4 amide bonds. The third-order valence-electron chi connectivity index (χ3n) is 11.9. The van der Waals surface area contributed by atoms with E-state index in [9.17, 15) is 33.6 Å². The first kappa shape index (κ1) is 47.9. The van der Waals surface area contributed by atoms with Crippen molar-refractivity contribution in [1.82, 2.24) is 35.2 Å². The molecule has 0 radical (unpaired) electrons. The van der Waals surface area contributed by atoms with Crippen LogP contribution in [0, 0.1) is 17.1 Å². The van der Waals surface area contributed by atoms with Crippen molar-refractivity contribution < 1.29 is 23.6 Å². The second kappa shape index (κ2) is 24.0. The van der Waals surface area contributed by atoms with Crippen molar-refractivity contribution in [3.05, 3.63) is 133 Å². The number of thiazole rings is 1. The number of hydrogen-bond donors (Lipinski definition) is 2. The molecule has 1 aliphatic rings. The lowest BCUT2D eigenvalue weighted by atomic mass is 9.98. The molecular formula is C50H57FN8O5S. The molecule has 1 unspecified atom stereocenters. The Bertz CT molecular complexity index is 2550. The van der Waals surface area contributed by atoms with E-state index in [2.05, 4.69) is 27.4 Å². The first-order chi connectivity index (χ1) is 31.6. The van der Waals surface area contributed by atoms with Gasteiger partial charge in [-0.15, -0.1) is 11.3 Å². The Morgan fingerprint density at radius 2 is 1.62 bits per heavy atom. The number of piperazine rings is 1. The van der Waals surface area contributed by atoms with Crippen LogP contribution < -0.4 is 10.9 Å². The molecule has 0 bridgehead atoms. The molecule has 13 nitrogen and oxygen atoms in total. The first-order valence-electron chi connectivity index (χ1n) is 22.5. The monoisotopic (exact) mass is 900 g/mol. The van der Waals surface area contributed by atoms with Crippen molar-refractivity contribution in [1.29, 1.82) is 5.26 Å². The number of unbranched alkanes of at least 4 members (excludes halogenated alkanes) is 5. The summed E-state index contributed by atoms with van der Waals surface area (Å²) in [6, 6.07) is 21.4. The van der Waals surface area contributed by atoms with Gasteiger partial charge in [0.15, 0.2) is 0 Å². The van der Waals surface area contributed by atoms with Gasteiger partial charge in [-0.05, 0) is 66.6 Å². The Morgan fingerprint density at radius 3 is 2.32 bits per heavy atom. The maximum absolute atomic E-state index is 14.9. The van der Waals surface area contributed by atoms with Crippen molar-refractivity contribution in [3.63, 3.8) is 0 Å². The fourth-order valence-corrected chi connectivity index (χ4v) is 8.75. The summed E-state index contributed by atoms with van der Waals surface area (Å²) in [5.74, 6) is -1.29. The van der Waals surface area contributed by atoms with Crippen LogP contribution in [0.3, 0.4) is 0 Å². The SMILES string of the molecule is CCCC(c1ccc(CCC(=O)NCCCCCCCCC(=O)N2CCN(C(=O)c3cc(Cc4n[nH]c(=O)c5ccccc45)ccc3F)CC2)cc1)N(C)C(=O)/C(C#N)=C/c1nccs1. The third kappa shape index (κ3) is 13.3. The molecule has 1 aliphatic heterocycles. The van der Waals surface area contributed by atoms with Crippen LogP contribution in [0.4, 0.5) is 4.39 Å². The van der Waals surface area contributed by atoms with Crippen LogP contribution in [0.1, 0.15) is 115 Å². The zero-order valence-electron chi connectivity index (χ0n) is 37.2. The normalized spacial score (nSPS) is 13.4. The van der Waals surface area contributed by atoms with Crippen LogP contribution in [-0.4, -0.2) is 93.3 Å². The van der Waals surface area contributed by atoms with Crippen molar-refractivity contribution in [3.8, 4) is 6.07 Å². The Kier molecular flexibility index (Phi) is 17.7. The molecular weight excluding hydrogens is 844 g/mol. The number of nitrogens with one attached hydrogen (secondary N) is 2. The Hall–Kier alpha value is -6.53. The fourth-order valence-electron chi connectivity index (χ4n) is 8.18. The number of aryl methyl sites for hydroxylation is 1. The van der Waals surface area contributed by atoms with E-state index in [1.54, 1.807) is 57.6 Å². The van der Waals surface area contributed by atoms with Gasteiger partial charge in [0.2, 0.25) is 11.8 Å². The third-order valence-corrected chi connectivity index (χ3v) is 12.6. The van der Waals surface area contributed by atoms with Gasteiger partial charge in [0.25, 0.3) is 17.4 Å². The van der Waals surface area contributed by atoms with Gasteiger partial charge in [0.05, 0.1) is 22.7 Å². The van der Waals surface area contributed by atoms with E-state index in [0.717, 1.165) is 62.5 Å². The van der Waals surface area contributed by atoms with Crippen LogP contribution in [0.15, 0.2) is 88.7 Å². The minimum Gasteiger partial charge on any atom is -0.356 e. The maximum atomic E-state index is 14.9. The van der Waals surface area contributed by atoms with E-state index in [1.807, 2.05) is 42.5 Å². The summed E-state index contributed by atoms with van der Waals surface area (Å²) in [6.45, 7) is 4.13. The largest absolute Gasteiger partial charge is 0.356 e. The van der Waals surface area contributed by atoms with Crippen LogP contribution in [0.25, 0.3) is 16.8 Å². The van der Waals surface area contributed by atoms with Crippen molar-refractivity contribution >= 4 is 51.8 Å². The lowest BCUT2D eigenvalue weighted by Gasteiger charge is -2.35. The van der Waals surface area contributed by atoms with Crippen molar-refractivity contribution in [2.45, 2.75) is 90.0 Å². The average Bonchev–Trinajstić information content (AvgIpc) is 3.86. The Balaban J connectivity index is 0.823. The number of halogens is 1. The highest BCUT2D eigenvalue weighted by Gasteiger charge is 2.27. The highest BCUT2D eigenvalue weighted by molar-refractivity contribution is 7.10. The number of nitrogens with zero attached hydrogens (tertiary/aromatic N) is 6. The molecule has 5 aromatic rings. The minimum atomic E-state index is -0.607. The topological polar surface area (TPSA) is 172 Å². The highest BCUT2D eigenvalue weighted by atomic mass is 32.1. The summed E-state index contributed by atoms with van der Waals surface area (Å²) in [5.41, 5.74) is 3.07. The maximum Gasteiger partial charge on any atom is 0.272 e. The number of hydrogen-bond acceptors (Lipinski definition) is 9. The average molecular weight is 901 g/mol. The molecule has 2 N–H and O–H groups in total. The summed E-state index contributed by atoms with van der Waals surface area (Å²) in [6.07, 6.45) is 12.1. The quantitative estimate of drug-likeness (QED) is 0.0427. The van der Waals surface area contributed by atoms with Crippen molar-refractivity contribution in [2.24, 2.45) is 0 Å². The number of likely N-dealkylation sites (N-methyl/N-ethyl adjacent to an activating group) is 1. The number of aromatic nitrogens is 3. The van der Waals surface area contributed by atoms with E-state index in [1.165, 1.54) is 23.5 Å². The predicted octanol–water partition coefficient (Wildman–Crippen LogP) is 7.78. The number of carbonyl (C=O) groups is 4. The summed E-state index contributed by atoms with van der Waals surface area (Å²) < 4.78 is 14.9. The number of fused-ring (bicyclic) bond motifs is 1. The fraction of sp³-hybridized carbons (Fsp3) is 0.400. The minimum absolute atomic E-state index is 0.00954. The van der Waals surface area contributed by atoms with Gasteiger partial charge in [-0.3, -0.25) is 24.0 Å². The van der Waals surface area contributed by atoms with E-state index >= 15 is 0 Å². The van der Waals surface area contributed by atoms with E-state index in [0.29, 0.717) is 85.4 Å². The molecule has 1 atom stereocenters. The predicted molar refractivity (Wildman–Crippen MR) is 250 cm³/mol. The number of aromatic amines is 1. The number of benzene rings is 3. The van der Waals surface area contributed by atoms with E-state index in [4.69, 9.17) is 0 Å². The van der Waals surface area contributed by atoms with Gasteiger partial charge in [-0.2, -0.15) is 10.4 Å². The summed E-state index contributed by atoms with van der Waals surface area (Å²) in [7, 11) is 1.73. The molecule has 1 fully saturated rings. The van der Waals surface area contributed by atoms with Gasteiger partial charge >= 0.3 is 0 Å². The standard InChI is InChI=1S/C50H57FN8O5S/c1-3-12-44(57(2)49(63)38(34-52)33-46-54-25-30-65-46)37-20-16-35(17-21-37)19-23-45(60)53-24-11-7-5-4-6-8-15-47(61)58-26-28-59(29-27-58)50(64)41-31-36(18-22-42(41)51)32-43-39-13-9-10-14-40(39)48(62)56-55-43/h9-10,13-14,16-18,20-22,25,30-31,33,44H,3-8,11-12,15,19,23-24,26-29,32H2,1-2H3,(H,53,60)(H,56,62)/b38-33+. The number of carbonyl (C=O) groups excluding carboxylic acids is 4. The number of H-pyrrole nitrogens is 1. The lowest BCUT2D eigenvalue weighted by molar-refractivity contribution is -0.132. The number of nitriles is 1. The second-order valence-electron chi connectivity index (χ2n) is 16.4. The molecule has 0 spiro atoms. The Labute approximate surface area is 383 Å². The molecule has 340 valence electrons. The van der Waals surface area contributed by atoms with E-state index < -0.39 is 11.7 Å².